The van der Waals surface area contributed by atoms with Gasteiger partial charge < -0.3 is 15.0 Å². The molecule has 6 heteroatoms. The first-order chi connectivity index (χ1) is 10.3. The number of ether oxygens (including phenoxy) is 1. The molecule has 0 spiro atoms. The highest BCUT2D eigenvalue weighted by molar-refractivity contribution is 6.32. The van der Waals surface area contributed by atoms with Crippen molar-refractivity contribution in [2.24, 2.45) is 17.8 Å². The van der Waals surface area contributed by atoms with Gasteiger partial charge >= 0.3 is 0 Å². The number of likely N-dealkylation sites (tertiary alicyclic amines) is 1. The first-order valence-electron chi connectivity index (χ1n) is 8.15. The van der Waals surface area contributed by atoms with Gasteiger partial charge in [-0.3, -0.25) is 0 Å². The molecule has 0 amide bonds. The monoisotopic (exact) mass is 378 g/mol. The van der Waals surface area contributed by atoms with E-state index in [0.717, 1.165) is 41.4 Å². The molecule has 2 aliphatic heterocycles. The fourth-order valence-electron chi connectivity index (χ4n) is 4.05. The Hall–Kier alpha value is -0.190. The molecule has 1 saturated carbocycles. The number of fused-ring (bicyclic) bond motifs is 1. The number of para-hydroxylation sites is 1. The van der Waals surface area contributed by atoms with E-state index in [4.69, 9.17) is 16.3 Å². The summed E-state index contributed by atoms with van der Waals surface area (Å²) < 4.78 is 6.06. The summed E-state index contributed by atoms with van der Waals surface area (Å²) in [6.07, 6.45) is 2.55. The topological polar surface area (TPSA) is 24.5 Å². The fraction of sp³-hybridized carbons (Fsp3) is 0.647. The Labute approximate surface area is 155 Å². The first-order valence-corrected chi connectivity index (χ1v) is 8.53. The van der Waals surface area contributed by atoms with Gasteiger partial charge in [0.25, 0.3) is 0 Å². The summed E-state index contributed by atoms with van der Waals surface area (Å²) in [4.78, 5) is 2.63. The Morgan fingerprint density at radius 2 is 1.74 bits per heavy atom. The molecule has 0 radical (unpaired) electrons. The van der Waals surface area contributed by atoms with Crippen LogP contribution in [0.2, 0.25) is 5.02 Å². The van der Waals surface area contributed by atoms with Crippen LogP contribution in [0, 0.1) is 17.8 Å². The molecular weight excluding hydrogens is 355 g/mol. The van der Waals surface area contributed by atoms with Gasteiger partial charge in [-0.05, 0) is 55.8 Å². The number of rotatable bonds is 4. The molecule has 23 heavy (non-hydrogen) atoms. The molecule has 1 unspecified atom stereocenters. The highest BCUT2D eigenvalue weighted by atomic mass is 35.5. The van der Waals surface area contributed by atoms with E-state index in [-0.39, 0.29) is 24.8 Å². The number of nitrogens with one attached hydrogen (secondary N) is 1. The molecule has 4 rings (SSSR count). The van der Waals surface area contributed by atoms with Crippen LogP contribution in [0.3, 0.4) is 0 Å². The predicted octanol–water partition coefficient (Wildman–Crippen LogP) is 3.49. The molecule has 3 nitrogen and oxygen atoms in total. The van der Waals surface area contributed by atoms with Gasteiger partial charge in [-0.1, -0.05) is 23.7 Å². The molecule has 1 aromatic carbocycles. The molecule has 130 valence electrons. The summed E-state index contributed by atoms with van der Waals surface area (Å²) >= 11 is 6.16. The summed E-state index contributed by atoms with van der Waals surface area (Å²) in [6, 6.07) is 7.79. The number of nitrogens with zero attached hydrogens (tertiary/aromatic N) is 1. The fourth-order valence-corrected chi connectivity index (χ4v) is 4.23. The maximum absolute atomic E-state index is 6.16. The lowest BCUT2D eigenvalue weighted by atomic mass is 10.1. The second-order valence-corrected chi connectivity index (χ2v) is 7.11. The van der Waals surface area contributed by atoms with Gasteiger partial charge in [0.2, 0.25) is 0 Å². The van der Waals surface area contributed by atoms with Gasteiger partial charge in [0.05, 0.1) is 5.02 Å². The average Bonchev–Trinajstić information content (AvgIpc) is 2.94. The molecule has 2 heterocycles. The van der Waals surface area contributed by atoms with Crippen molar-refractivity contribution in [2.45, 2.75) is 18.9 Å². The zero-order chi connectivity index (χ0) is 14.2. The van der Waals surface area contributed by atoms with Crippen LogP contribution in [-0.2, 0) is 0 Å². The molecule has 1 N–H and O–H groups in total. The molecule has 0 aromatic heterocycles. The maximum atomic E-state index is 6.16. The summed E-state index contributed by atoms with van der Waals surface area (Å²) in [5.41, 5.74) is 0. The summed E-state index contributed by atoms with van der Waals surface area (Å²) in [7, 11) is 0. The van der Waals surface area contributed by atoms with Crippen molar-refractivity contribution in [1.29, 1.82) is 0 Å². The lowest BCUT2D eigenvalue weighted by molar-refractivity contribution is 0.0961. The van der Waals surface area contributed by atoms with Crippen LogP contribution < -0.4 is 10.1 Å². The third kappa shape index (κ3) is 4.26. The van der Waals surface area contributed by atoms with E-state index in [9.17, 15) is 0 Å². The van der Waals surface area contributed by atoms with Crippen molar-refractivity contribution in [1.82, 2.24) is 10.2 Å². The minimum Gasteiger partial charge on any atom is -0.489 e. The van der Waals surface area contributed by atoms with Gasteiger partial charge in [-0.15, -0.1) is 24.8 Å². The molecule has 3 atom stereocenters. The summed E-state index contributed by atoms with van der Waals surface area (Å²) in [5, 5.41) is 4.20. The summed E-state index contributed by atoms with van der Waals surface area (Å²) in [5.74, 6) is 3.75. The van der Waals surface area contributed by atoms with Crippen LogP contribution in [0.5, 0.6) is 5.75 Å². The number of benzene rings is 1. The van der Waals surface area contributed by atoms with Crippen molar-refractivity contribution >= 4 is 36.4 Å². The Balaban J connectivity index is 0.000000960. The normalized spacial score (nSPS) is 30.0. The molecule has 0 bridgehead atoms. The van der Waals surface area contributed by atoms with E-state index in [1.807, 2.05) is 24.3 Å². The zero-order valence-corrected chi connectivity index (χ0v) is 15.5. The molecule has 1 aliphatic carbocycles. The Morgan fingerprint density at radius 1 is 1.09 bits per heavy atom. The van der Waals surface area contributed by atoms with E-state index in [2.05, 4.69) is 10.2 Å². The number of piperidine rings is 2. The average molecular weight is 380 g/mol. The Kier molecular flexibility index (Phi) is 6.88. The highest BCUT2D eigenvalue weighted by Crippen LogP contribution is 2.49. The minimum absolute atomic E-state index is 0. The lowest BCUT2D eigenvalue weighted by Gasteiger charge is -2.32. The van der Waals surface area contributed by atoms with E-state index >= 15 is 0 Å². The van der Waals surface area contributed by atoms with Crippen LogP contribution in [0.4, 0.5) is 0 Å². The quantitative estimate of drug-likeness (QED) is 0.866. The number of hydrogen-bond donors (Lipinski definition) is 1. The third-order valence-corrected chi connectivity index (χ3v) is 5.72. The van der Waals surface area contributed by atoms with E-state index in [0.29, 0.717) is 6.10 Å². The number of hydrogen-bond acceptors (Lipinski definition) is 3. The largest absolute Gasteiger partial charge is 0.489 e. The first kappa shape index (κ1) is 19.1. The predicted molar refractivity (Wildman–Crippen MR) is 99.4 cm³/mol. The van der Waals surface area contributed by atoms with Crippen molar-refractivity contribution < 1.29 is 4.74 Å². The van der Waals surface area contributed by atoms with E-state index in [1.54, 1.807) is 0 Å². The van der Waals surface area contributed by atoms with Gasteiger partial charge in [0, 0.05) is 19.6 Å². The molecular formula is C17H25Cl3N2O. The van der Waals surface area contributed by atoms with Crippen LogP contribution in [0.1, 0.15) is 12.8 Å². The van der Waals surface area contributed by atoms with Gasteiger partial charge in [-0.2, -0.15) is 0 Å². The van der Waals surface area contributed by atoms with Crippen molar-refractivity contribution in [3.8, 4) is 5.75 Å². The van der Waals surface area contributed by atoms with Crippen LogP contribution in [0.25, 0.3) is 0 Å². The molecule has 3 fully saturated rings. The van der Waals surface area contributed by atoms with Crippen molar-refractivity contribution in [3.63, 3.8) is 0 Å². The van der Waals surface area contributed by atoms with Crippen LogP contribution in [-0.4, -0.2) is 43.7 Å². The Morgan fingerprint density at radius 3 is 2.39 bits per heavy atom. The molecule has 3 aliphatic rings. The molecule has 2 saturated heterocycles. The van der Waals surface area contributed by atoms with Crippen molar-refractivity contribution in [3.05, 3.63) is 29.3 Å². The summed E-state index contributed by atoms with van der Waals surface area (Å²) in [6.45, 7) is 6.13. The smallest absolute Gasteiger partial charge is 0.138 e. The van der Waals surface area contributed by atoms with Gasteiger partial charge in [0.1, 0.15) is 11.9 Å². The zero-order valence-electron chi connectivity index (χ0n) is 13.1. The van der Waals surface area contributed by atoms with E-state index < -0.39 is 0 Å². The maximum Gasteiger partial charge on any atom is 0.138 e. The van der Waals surface area contributed by atoms with Gasteiger partial charge in [-0.25, -0.2) is 0 Å². The second kappa shape index (κ2) is 8.26. The second-order valence-electron chi connectivity index (χ2n) is 6.70. The van der Waals surface area contributed by atoms with Crippen molar-refractivity contribution in [2.75, 3.05) is 32.7 Å². The molecule has 1 aromatic rings. The van der Waals surface area contributed by atoms with Crippen LogP contribution >= 0.6 is 36.4 Å². The van der Waals surface area contributed by atoms with Crippen LogP contribution in [0.15, 0.2) is 24.3 Å². The highest BCUT2D eigenvalue weighted by Gasteiger charge is 2.52. The Bertz CT molecular complexity index is 498. The SMILES string of the molecule is Cl.Cl.Clc1ccccc1OC1CCN(CC2[C@H]3CNC[C@@H]23)CC1. The standard InChI is InChI=1S/C17H23ClN2O.2ClH/c18-16-3-1-2-4-17(16)21-12-5-7-20(8-6-12)11-15-13-9-19-10-14(13)15;;/h1-4,12-15,19H,5-11H2;2*1H/t13-,14+,15?;;. The van der Waals surface area contributed by atoms with E-state index in [1.165, 1.54) is 32.7 Å². The third-order valence-electron chi connectivity index (χ3n) is 5.40. The minimum atomic E-state index is 0. The van der Waals surface area contributed by atoms with Gasteiger partial charge in [0.15, 0.2) is 0 Å². The lowest BCUT2D eigenvalue weighted by Crippen LogP contribution is -2.40. The number of halogens is 3.